The van der Waals surface area contributed by atoms with Gasteiger partial charge in [0.1, 0.15) is 11.2 Å². The molecule has 3 aromatic rings. The molecule has 0 spiro atoms. The number of furan rings is 2. The predicted octanol–water partition coefficient (Wildman–Crippen LogP) is 2.51. The molecule has 0 aromatic carbocycles. The van der Waals surface area contributed by atoms with Crippen molar-refractivity contribution in [2.45, 2.75) is 0 Å². The Balaban J connectivity index is 2.31. The summed E-state index contributed by atoms with van der Waals surface area (Å²) in [6, 6.07) is 3.93. The number of rotatable bonds is 0. The summed E-state index contributed by atoms with van der Waals surface area (Å²) in [7, 11) is 0. The van der Waals surface area contributed by atoms with Crippen molar-refractivity contribution in [2.24, 2.45) is 0 Å². The summed E-state index contributed by atoms with van der Waals surface area (Å²) in [5, 5.41) is 3.74. The monoisotopic (exact) mass is 157 g/mol. The zero-order chi connectivity index (χ0) is 7.71. The summed E-state index contributed by atoms with van der Waals surface area (Å²) < 4.78 is 10.5. The van der Waals surface area contributed by atoms with Crippen molar-refractivity contribution in [2.75, 3.05) is 0 Å². The van der Waals surface area contributed by atoms with Crippen LogP contribution >= 0.6 is 0 Å². The molecular formula is C9H3NO2. The van der Waals surface area contributed by atoms with Crippen molar-refractivity contribution in [1.82, 2.24) is 5.16 Å². The molecular weight excluding hydrogens is 154 g/mol. The fourth-order valence-electron chi connectivity index (χ4n) is 1.88. The first-order valence-corrected chi connectivity index (χ1v) is 3.75. The molecule has 0 radical (unpaired) electrons. The first-order chi connectivity index (χ1) is 5.95. The summed E-state index contributed by atoms with van der Waals surface area (Å²) in [6.45, 7) is 0. The lowest BCUT2D eigenvalue weighted by Gasteiger charge is -2.10. The number of benzene rings is 1. The Morgan fingerprint density at radius 1 is 1.08 bits per heavy atom. The third-order valence-electron chi connectivity index (χ3n) is 2.42. The molecule has 0 saturated heterocycles. The third kappa shape index (κ3) is 0.310. The van der Waals surface area contributed by atoms with Crippen LogP contribution in [0.5, 0.6) is 0 Å². The molecule has 0 saturated carbocycles. The first-order valence-electron chi connectivity index (χ1n) is 3.75. The van der Waals surface area contributed by atoms with Crippen LogP contribution in [-0.4, -0.2) is 5.16 Å². The highest BCUT2D eigenvalue weighted by molar-refractivity contribution is 6.13. The Morgan fingerprint density at radius 2 is 1.92 bits per heavy atom. The Morgan fingerprint density at radius 3 is 2.83 bits per heavy atom. The van der Waals surface area contributed by atoms with Crippen LogP contribution in [0.25, 0.3) is 33.6 Å². The van der Waals surface area contributed by atoms with E-state index in [1.165, 1.54) is 5.56 Å². The molecule has 3 heterocycles. The van der Waals surface area contributed by atoms with Gasteiger partial charge in [-0.2, -0.15) is 0 Å². The number of aromatic nitrogens is 1. The normalized spacial score (nSPS) is 13.0. The highest BCUT2D eigenvalue weighted by Gasteiger charge is 2.35. The maximum Gasteiger partial charge on any atom is 0.179 e. The van der Waals surface area contributed by atoms with Crippen LogP contribution in [0.3, 0.4) is 0 Å². The molecule has 3 heteroatoms. The van der Waals surface area contributed by atoms with Gasteiger partial charge in [-0.3, -0.25) is 0 Å². The molecule has 0 unspecified atom stereocenters. The maximum atomic E-state index is 5.46. The highest BCUT2D eigenvalue weighted by atomic mass is 16.5. The zero-order valence-corrected chi connectivity index (χ0v) is 6.00. The summed E-state index contributed by atoms with van der Waals surface area (Å²) in [5.74, 6) is 0.874. The van der Waals surface area contributed by atoms with E-state index >= 15 is 0 Å². The molecule has 1 aliphatic rings. The minimum atomic E-state index is 0.874. The van der Waals surface area contributed by atoms with Crippen LogP contribution in [0.15, 0.2) is 27.3 Å². The summed E-state index contributed by atoms with van der Waals surface area (Å²) in [4.78, 5) is 0. The molecule has 2 bridgehead atoms. The topological polar surface area (TPSA) is 39.2 Å². The lowest BCUT2D eigenvalue weighted by atomic mass is 9.88. The van der Waals surface area contributed by atoms with Crippen LogP contribution in [0.1, 0.15) is 0 Å². The smallest absolute Gasteiger partial charge is 0.179 e. The Kier molecular flexibility index (Phi) is 0.525. The summed E-state index contributed by atoms with van der Waals surface area (Å²) >= 11 is 0. The second-order valence-electron chi connectivity index (χ2n) is 2.98. The van der Waals surface area contributed by atoms with E-state index in [-0.39, 0.29) is 0 Å². The van der Waals surface area contributed by atoms with Crippen molar-refractivity contribution in [1.29, 1.82) is 0 Å². The zero-order valence-electron chi connectivity index (χ0n) is 6.00. The number of fused-ring (bicyclic) bond motifs is 8. The van der Waals surface area contributed by atoms with E-state index in [0.29, 0.717) is 0 Å². The van der Waals surface area contributed by atoms with Crippen molar-refractivity contribution in [3.63, 3.8) is 0 Å². The molecule has 1 aliphatic carbocycles. The molecule has 0 fully saturated rings. The van der Waals surface area contributed by atoms with Gasteiger partial charge in [0.25, 0.3) is 0 Å². The molecule has 0 amide bonds. The van der Waals surface area contributed by atoms with Crippen molar-refractivity contribution in [3.05, 3.63) is 18.3 Å². The summed E-state index contributed by atoms with van der Waals surface area (Å²) in [6.07, 6.45) is 1.74. The third-order valence-corrected chi connectivity index (χ3v) is 2.42. The second-order valence-corrected chi connectivity index (χ2v) is 2.98. The Hall–Kier alpha value is -1.77. The Bertz CT molecular complexity index is 528. The Labute approximate surface area is 66.9 Å². The van der Waals surface area contributed by atoms with E-state index in [9.17, 15) is 0 Å². The maximum absolute atomic E-state index is 5.46. The van der Waals surface area contributed by atoms with Crippen LogP contribution in [-0.2, 0) is 0 Å². The first kappa shape index (κ1) is 4.98. The SMILES string of the molecule is c1noc2c1-c1c-2c2ccc1o2. The molecule has 3 nitrogen and oxygen atoms in total. The fraction of sp³-hybridized carbons (Fsp3) is 0. The second kappa shape index (κ2) is 1.27. The van der Waals surface area contributed by atoms with Gasteiger partial charge >= 0.3 is 0 Å². The van der Waals surface area contributed by atoms with Gasteiger partial charge in [0.15, 0.2) is 5.76 Å². The minimum Gasteiger partial charge on any atom is -0.456 e. The van der Waals surface area contributed by atoms with E-state index in [1.54, 1.807) is 6.20 Å². The van der Waals surface area contributed by atoms with Gasteiger partial charge in [-0.15, -0.1) is 0 Å². The molecule has 12 heavy (non-hydrogen) atoms. The van der Waals surface area contributed by atoms with Gasteiger partial charge in [0.05, 0.1) is 17.3 Å². The predicted molar refractivity (Wildman–Crippen MR) is 41.9 cm³/mol. The molecule has 0 atom stereocenters. The number of hydrogen-bond donors (Lipinski definition) is 0. The number of hydrogen-bond acceptors (Lipinski definition) is 3. The standard InChI is InChI=1S/C9H3NO2/c1-2-6-8-7(5(1)11-6)4-3-10-12-9(4)8/h1-3H. The average Bonchev–Trinajstić information content (AvgIpc) is 2.66. The van der Waals surface area contributed by atoms with Crippen molar-refractivity contribution in [3.8, 4) is 22.5 Å². The van der Waals surface area contributed by atoms with Crippen molar-refractivity contribution < 1.29 is 8.94 Å². The van der Waals surface area contributed by atoms with Crippen molar-refractivity contribution >= 4 is 11.2 Å². The van der Waals surface area contributed by atoms with Gasteiger partial charge in [-0.25, -0.2) is 0 Å². The van der Waals surface area contributed by atoms with Crippen LogP contribution in [0, 0.1) is 0 Å². The van der Waals surface area contributed by atoms with E-state index in [4.69, 9.17) is 8.94 Å². The quantitative estimate of drug-likeness (QED) is 0.393. The molecule has 4 rings (SSSR count). The average molecular weight is 157 g/mol. The molecule has 3 aromatic heterocycles. The van der Waals surface area contributed by atoms with E-state index in [0.717, 1.165) is 28.1 Å². The highest BCUT2D eigenvalue weighted by Crippen LogP contribution is 2.54. The van der Waals surface area contributed by atoms with Crippen LogP contribution in [0.4, 0.5) is 0 Å². The van der Waals surface area contributed by atoms with Gasteiger partial charge < -0.3 is 8.94 Å². The van der Waals surface area contributed by atoms with Gasteiger partial charge in [-0.05, 0) is 12.1 Å². The fourth-order valence-corrected chi connectivity index (χ4v) is 1.88. The van der Waals surface area contributed by atoms with Gasteiger partial charge in [0, 0.05) is 5.56 Å². The number of nitrogens with zero attached hydrogens (tertiary/aromatic N) is 1. The van der Waals surface area contributed by atoms with Crippen LogP contribution < -0.4 is 0 Å². The van der Waals surface area contributed by atoms with E-state index in [1.807, 2.05) is 12.1 Å². The largest absolute Gasteiger partial charge is 0.456 e. The molecule has 56 valence electrons. The molecule has 0 aliphatic heterocycles. The van der Waals surface area contributed by atoms with E-state index in [2.05, 4.69) is 5.16 Å². The lowest BCUT2D eigenvalue weighted by molar-refractivity contribution is 0.431. The minimum absolute atomic E-state index is 0.874. The van der Waals surface area contributed by atoms with Gasteiger partial charge in [0.2, 0.25) is 0 Å². The van der Waals surface area contributed by atoms with Crippen LogP contribution in [0.2, 0.25) is 0 Å². The van der Waals surface area contributed by atoms with Gasteiger partial charge in [-0.1, -0.05) is 5.16 Å². The summed E-state index contributed by atoms with van der Waals surface area (Å²) in [5.41, 5.74) is 5.20. The molecule has 0 N–H and O–H groups in total. The van der Waals surface area contributed by atoms with E-state index < -0.39 is 0 Å². The lowest BCUT2D eigenvalue weighted by Crippen LogP contribution is -1.91.